The van der Waals surface area contributed by atoms with Crippen LogP contribution < -0.4 is 5.73 Å². The van der Waals surface area contributed by atoms with Gasteiger partial charge < -0.3 is 5.73 Å². The summed E-state index contributed by atoms with van der Waals surface area (Å²) in [5.41, 5.74) is 10.4. The lowest BCUT2D eigenvalue weighted by atomic mass is 10.1. The van der Waals surface area contributed by atoms with Crippen molar-refractivity contribution in [2.45, 2.75) is 19.8 Å². The highest BCUT2D eigenvalue weighted by Gasteiger charge is 2.03. The molecular formula is C15H15N3. The molecule has 0 saturated carbocycles. The van der Waals surface area contributed by atoms with Crippen molar-refractivity contribution in [2.24, 2.45) is 0 Å². The lowest BCUT2D eigenvalue weighted by Crippen LogP contribution is -1.97. The number of aromatic nitrogens is 1. The molecule has 0 aliphatic heterocycles. The van der Waals surface area contributed by atoms with E-state index >= 15 is 0 Å². The molecule has 0 aliphatic rings. The van der Waals surface area contributed by atoms with E-state index in [0.29, 0.717) is 17.8 Å². The van der Waals surface area contributed by atoms with E-state index in [4.69, 9.17) is 12.3 Å². The molecule has 0 radical (unpaired) electrons. The maximum Gasteiger partial charge on any atom is 0.187 e. The minimum absolute atomic E-state index is 0.615. The van der Waals surface area contributed by atoms with Gasteiger partial charge in [0.05, 0.1) is 6.57 Å². The fraction of sp³-hybridized carbons (Fsp3) is 0.200. The van der Waals surface area contributed by atoms with Gasteiger partial charge in [0.2, 0.25) is 0 Å². The summed E-state index contributed by atoms with van der Waals surface area (Å²) in [6.45, 7) is 9.12. The van der Waals surface area contributed by atoms with E-state index in [-0.39, 0.29) is 0 Å². The zero-order chi connectivity index (χ0) is 13.0. The van der Waals surface area contributed by atoms with Crippen LogP contribution in [0.5, 0.6) is 0 Å². The highest BCUT2D eigenvalue weighted by Crippen LogP contribution is 2.22. The molecule has 2 aromatic rings. The molecule has 0 unspecified atom stereocenters. The van der Waals surface area contributed by atoms with Gasteiger partial charge in [0, 0.05) is 24.0 Å². The maximum absolute atomic E-state index is 7.01. The van der Waals surface area contributed by atoms with Gasteiger partial charge in [-0.3, -0.25) is 4.98 Å². The van der Waals surface area contributed by atoms with Gasteiger partial charge in [0.15, 0.2) is 5.69 Å². The molecule has 0 spiro atoms. The van der Waals surface area contributed by atoms with Crippen molar-refractivity contribution in [1.82, 2.24) is 4.98 Å². The topological polar surface area (TPSA) is 43.3 Å². The number of nitrogen functional groups attached to an aromatic ring is 1. The first-order valence-corrected chi connectivity index (χ1v) is 5.92. The molecule has 1 aromatic heterocycles. The Morgan fingerprint density at radius 1 is 1.28 bits per heavy atom. The van der Waals surface area contributed by atoms with Gasteiger partial charge >= 0.3 is 0 Å². The second-order valence-electron chi connectivity index (χ2n) is 4.18. The molecule has 1 aromatic carbocycles. The highest BCUT2D eigenvalue weighted by atomic mass is 14.7. The maximum atomic E-state index is 7.01. The third-order valence-electron chi connectivity index (χ3n) is 2.92. The highest BCUT2D eigenvalue weighted by molar-refractivity contribution is 5.58. The summed E-state index contributed by atoms with van der Waals surface area (Å²) in [5.74, 6) is 0. The number of aryl methyl sites for hydroxylation is 1. The van der Waals surface area contributed by atoms with Gasteiger partial charge in [-0.2, -0.15) is 0 Å². The molecule has 3 nitrogen and oxygen atoms in total. The van der Waals surface area contributed by atoms with Gasteiger partial charge in [0.1, 0.15) is 0 Å². The van der Waals surface area contributed by atoms with Gasteiger partial charge in [-0.1, -0.05) is 25.1 Å². The number of anilines is 1. The van der Waals surface area contributed by atoms with Gasteiger partial charge in [-0.15, -0.1) is 0 Å². The summed E-state index contributed by atoms with van der Waals surface area (Å²) in [4.78, 5) is 7.82. The molecule has 0 amide bonds. The number of pyridine rings is 1. The predicted octanol–water partition coefficient (Wildman–Crippen LogP) is 3.37. The fourth-order valence-electron chi connectivity index (χ4n) is 1.78. The van der Waals surface area contributed by atoms with E-state index in [9.17, 15) is 0 Å². The molecule has 90 valence electrons. The predicted molar refractivity (Wildman–Crippen MR) is 73.5 cm³/mol. The Morgan fingerprint density at radius 3 is 2.72 bits per heavy atom. The van der Waals surface area contributed by atoms with E-state index in [0.717, 1.165) is 17.7 Å². The van der Waals surface area contributed by atoms with Crippen LogP contribution in [0.4, 0.5) is 11.4 Å². The minimum atomic E-state index is 0.615. The summed E-state index contributed by atoms with van der Waals surface area (Å²) in [5, 5.41) is 0. The zero-order valence-electron chi connectivity index (χ0n) is 10.4. The monoisotopic (exact) mass is 237 g/mol. The van der Waals surface area contributed by atoms with Gasteiger partial charge in [-0.05, 0) is 29.7 Å². The Kier molecular flexibility index (Phi) is 3.59. The largest absolute Gasteiger partial charge is 0.399 e. The average molecular weight is 237 g/mol. The van der Waals surface area contributed by atoms with Crippen LogP contribution in [0.15, 0.2) is 36.5 Å². The van der Waals surface area contributed by atoms with Crippen molar-refractivity contribution >= 4 is 11.4 Å². The van der Waals surface area contributed by atoms with Crippen molar-refractivity contribution in [1.29, 1.82) is 0 Å². The first-order chi connectivity index (χ1) is 8.72. The van der Waals surface area contributed by atoms with Crippen LogP contribution in [0.3, 0.4) is 0 Å². The molecule has 0 bridgehead atoms. The summed E-state index contributed by atoms with van der Waals surface area (Å²) < 4.78 is 0. The Labute approximate surface area is 107 Å². The average Bonchev–Trinajstić information content (AvgIpc) is 2.42. The van der Waals surface area contributed by atoms with E-state index in [1.54, 1.807) is 12.1 Å². The normalized spacial score (nSPS) is 10.0. The van der Waals surface area contributed by atoms with Crippen molar-refractivity contribution < 1.29 is 0 Å². The molecule has 0 aliphatic carbocycles. The molecule has 18 heavy (non-hydrogen) atoms. The summed E-state index contributed by atoms with van der Waals surface area (Å²) in [6, 6.07) is 9.44. The SMILES string of the molecule is [C-]#[N+]c1ccc(N)c(Cc2ccc(CC)cn2)c1. The first-order valence-electron chi connectivity index (χ1n) is 5.92. The Morgan fingerprint density at radius 2 is 2.11 bits per heavy atom. The first kappa shape index (κ1) is 12.1. The summed E-state index contributed by atoms with van der Waals surface area (Å²) in [7, 11) is 0. The molecular weight excluding hydrogens is 222 g/mol. The molecule has 0 atom stereocenters. The van der Waals surface area contributed by atoms with Crippen molar-refractivity contribution in [2.75, 3.05) is 5.73 Å². The Balaban J connectivity index is 2.25. The van der Waals surface area contributed by atoms with Crippen LogP contribution in [0, 0.1) is 6.57 Å². The van der Waals surface area contributed by atoms with Crippen LogP contribution in [0.25, 0.3) is 4.85 Å². The second-order valence-corrected chi connectivity index (χ2v) is 4.18. The number of nitrogens with two attached hydrogens (primary N) is 1. The Hall–Kier alpha value is -2.34. The van der Waals surface area contributed by atoms with Crippen LogP contribution in [-0.4, -0.2) is 4.98 Å². The van der Waals surface area contributed by atoms with Crippen molar-refractivity contribution in [3.8, 4) is 0 Å². The summed E-state index contributed by atoms with van der Waals surface area (Å²) >= 11 is 0. The molecule has 3 heteroatoms. The smallest absolute Gasteiger partial charge is 0.187 e. The number of rotatable bonds is 3. The number of nitrogens with zero attached hydrogens (tertiary/aromatic N) is 2. The minimum Gasteiger partial charge on any atom is -0.399 e. The van der Waals surface area contributed by atoms with Crippen LogP contribution in [0.2, 0.25) is 0 Å². The lowest BCUT2D eigenvalue weighted by Gasteiger charge is -2.06. The van der Waals surface area contributed by atoms with E-state index < -0.39 is 0 Å². The second kappa shape index (κ2) is 5.33. The molecule has 0 saturated heterocycles. The molecule has 1 heterocycles. The van der Waals surface area contributed by atoms with Gasteiger partial charge in [0.25, 0.3) is 0 Å². The van der Waals surface area contributed by atoms with Crippen molar-refractivity contribution in [3.05, 3.63) is 64.8 Å². The van der Waals surface area contributed by atoms with Crippen LogP contribution in [-0.2, 0) is 12.8 Å². The molecule has 0 fully saturated rings. The van der Waals surface area contributed by atoms with Crippen LogP contribution >= 0.6 is 0 Å². The quantitative estimate of drug-likeness (QED) is 0.657. The zero-order valence-corrected chi connectivity index (χ0v) is 10.4. The summed E-state index contributed by atoms with van der Waals surface area (Å²) in [6.07, 6.45) is 3.55. The molecule has 2 N–H and O–H groups in total. The van der Waals surface area contributed by atoms with Gasteiger partial charge in [-0.25, -0.2) is 4.85 Å². The third kappa shape index (κ3) is 2.67. The standard InChI is InChI=1S/C15H15N3/c1-3-11-4-5-14(18-10-11)9-12-8-13(17-2)6-7-15(12)16/h4-8,10H,3,9,16H2,1H3. The number of benzene rings is 1. The van der Waals surface area contributed by atoms with Crippen LogP contribution in [0.1, 0.15) is 23.7 Å². The number of hydrogen-bond acceptors (Lipinski definition) is 2. The lowest BCUT2D eigenvalue weighted by molar-refractivity contribution is 1.03. The third-order valence-corrected chi connectivity index (χ3v) is 2.92. The van der Waals surface area contributed by atoms with Crippen molar-refractivity contribution in [3.63, 3.8) is 0 Å². The van der Waals surface area contributed by atoms with E-state index in [2.05, 4.69) is 22.8 Å². The fourth-order valence-corrected chi connectivity index (χ4v) is 1.78. The Bertz CT molecular complexity index is 580. The number of hydrogen-bond donors (Lipinski definition) is 1. The van der Waals surface area contributed by atoms with E-state index in [1.807, 2.05) is 18.3 Å². The van der Waals surface area contributed by atoms with E-state index in [1.165, 1.54) is 5.56 Å². The molecule has 2 rings (SSSR count).